The Kier molecular flexibility index (Phi) is 14.7. The lowest BCUT2D eigenvalue weighted by atomic mass is 10.0. The van der Waals surface area contributed by atoms with Crippen LogP contribution in [-0.4, -0.2) is 60.4 Å². The number of hydrogen-bond acceptors (Lipinski definition) is 6. The highest BCUT2D eigenvalue weighted by molar-refractivity contribution is 6.74. The summed E-state index contributed by atoms with van der Waals surface area (Å²) in [7, 11) is -4.38. The molecule has 0 radical (unpaired) electrons. The van der Waals surface area contributed by atoms with Crippen LogP contribution in [0.4, 0.5) is 0 Å². The molecule has 1 aliphatic heterocycles. The minimum absolute atomic E-state index is 0.00200. The van der Waals surface area contributed by atoms with Crippen LogP contribution >= 0.6 is 0 Å². The van der Waals surface area contributed by atoms with Crippen molar-refractivity contribution in [2.45, 2.75) is 141 Å². The fourth-order valence-electron chi connectivity index (χ4n) is 5.56. The molecule has 6 nitrogen and oxygen atoms in total. The van der Waals surface area contributed by atoms with Gasteiger partial charge in [-0.1, -0.05) is 133 Å². The maximum atomic E-state index is 7.37. The molecule has 4 rings (SSSR count). The van der Waals surface area contributed by atoms with Crippen LogP contribution < -0.4 is 0 Å². The standard InChI is InChI=1S/C42H64O6Si2/c1-41(2,3)49(7,8)46-32-39-40(48-50(9,10)42(4,5)6)38(45-31-35-24-18-13-19-25-35)28-37(44-30-34-22-16-12-17-23-34)36(47-39)26-27-43-29-33-20-14-11-15-21-33/h11-25,36-40H,26-32H2,1-10H3/t36-,37+,38+,39+,40-/m0/s1. The second-order valence-corrected chi connectivity index (χ2v) is 26.4. The molecule has 5 atom stereocenters. The summed E-state index contributed by atoms with van der Waals surface area (Å²) in [6.07, 6.45) is -0.0997. The summed E-state index contributed by atoms with van der Waals surface area (Å²) in [5, 5.41) is 0.0603. The zero-order chi connectivity index (χ0) is 36.4. The van der Waals surface area contributed by atoms with E-state index < -0.39 is 16.6 Å². The first-order chi connectivity index (χ1) is 23.6. The molecule has 1 aliphatic rings. The van der Waals surface area contributed by atoms with Crippen LogP contribution in [0.3, 0.4) is 0 Å². The third-order valence-electron chi connectivity index (χ3n) is 10.9. The van der Waals surface area contributed by atoms with Crippen molar-refractivity contribution in [3.05, 3.63) is 108 Å². The van der Waals surface area contributed by atoms with Gasteiger partial charge in [-0.3, -0.25) is 0 Å². The van der Waals surface area contributed by atoms with Crippen LogP contribution in [0, 0.1) is 0 Å². The van der Waals surface area contributed by atoms with Gasteiger partial charge in [-0.25, -0.2) is 0 Å². The van der Waals surface area contributed by atoms with Gasteiger partial charge in [-0.15, -0.1) is 0 Å². The van der Waals surface area contributed by atoms with Crippen molar-refractivity contribution in [1.29, 1.82) is 0 Å². The highest BCUT2D eigenvalue weighted by atomic mass is 28.4. The minimum Gasteiger partial charge on any atom is -0.414 e. The molecule has 0 saturated carbocycles. The summed E-state index contributed by atoms with van der Waals surface area (Å²) in [6.45, 7) is 25.5. The smallest absolute Gasteiger partial charge is 0.192 e. The van der Waals surface area contributed by atoms with E-state index in [9.17, 15) is 0 Å². The Balaban J connectivity index is 1.69. The molecule has 0 aliphatic carbocycles. The highest BCUT2D eigenvalue weighted by Gasteiger charge is 2.48. The topological polar surface area (TPSA) is 55.4 Å². The van der Waals surface area contributed by atoms with E-state index in [-0.39, 0.29) is 40.6 Å². The van der Waals surface area contributed by atoms with Gasteiger partial charge in [0.1, 0.15) is 6.10 Å². The van der Waals surface area contributed by atoms with Gasteiger partial charge in [0.25, 0.3) is 0 Å². The molecule has 0 bridgehead atoms. The number of hydrogen-bond donors (Lipinski definition) is 0. The van der Waals surface area contributed by atoms with E-state index in [1.807, 2.05) is 30.3 Å². The van der Waals surface area contributed by atoms with Crippen LogP contribution in [0.2, 0.25) is 36.3 Å². The molecule has 1 saturated heterocycles. The summed E-state index contributed by atoms with van der Waals surface area (Å²) in [6, 6.07) is 31.1. The molecule has 0 spiro atoms. The van der Waals surface area contributed by atoms with Gasteiger partial charge in [0, 0.05) is 13.0 Å². The molecule has 3 aromatic rings. The van der Waals surface area contributed by atoms with E-state index in [0.29, 0.717) is 45.9 Å². The Morgan fingerprint density at radius 3 is 1.54 bits per heavy atom. The summed E-state index contributed by atoms with van der Waals surface area (Å²) >= 11 is 0. The van der Waals surface area contributed by atoms with Gasteiger partial charge >= 0.3 is 0 Å². The Morgan fingerprint density at radius 1 is 0.600 bits per heavy atom. The molecule has 8 heteroatoms. The monoisotopic (exact) mass is 720 g/mol. The number of ether oxygens (including phenoxy) is 4. The summed E-state index contributed by atoms with van der Waals surface area (Å²) in [5.41, 5.74) is 3.42. The Bertz CT molecular complexity index is 1390. The van der Waals surface area contributed by atoms with Crippen molar-refractivity contribution in [3.63, 3.8) is 0 Å². The zero-order valence-electron chi connectivity index (χ0n) is 32.4. The molecule has 0 amide bonds. The van der Waals surface area contributed by atoms with Gasteiger partial charge in [0.15, 0.2) is 16.6 Å². The molecule has 0 N–H and O–H groups in total. The first kappa shape index (κ1) is 40.6. The van der Waals surface area contributed by atoms with Crippen LogP contribution in [0.1, 0.15) is 71.1 Å². The average molecular weight is 721 g/mol. The van der Waals surface area contributed by atoms with Crippen molar-refractivity contribution >= 4 is 16.6 Å². The lowest BCUT2D eigenvalue weighted by molar-refractivity contribution is -0.136. The summed E-state index contributed by atoms with van der Waals surface area (Å²) in [4.78, 5) is 0. The molecular formula is C42H64O6Si2. The number of rotatable bonds is 16. The average Bonchev–Trinajstić information content (AvgIpc) is 3.20. The second kappa shape index (κ2) is 18.1. The molecular weight excluding hydrogens is 657 g/mol. The van der Waals surface area contributed by atoms with Crippen molar-refractivity contribution in [2.24, 2.45) is 0 Å². The van der Waals surface area contributed by atoms with Crippen molar-refractivity contribution < 1.29 is 27.8 Å². The lowest BCUT2D eigenvalue weighted by Gasteiger charge is -2.44. The fraction of sp³-hybridized carbons (Fsp3) is 0.571. The van der Waals surface area contributed by atoms with Crippen molar-refractivity contribution in [2.75, 3.05) is 13.2 Å². The quantitative estimate of drug-likeness (QED) is 0.108. The van der Waals surface area contributed by atoms with Crippen LogP contribution in [0.5, 0.6) is 0 Å². The Morgan fingerprint density at radius 2 is 1.06 bits per heavy atom. The van der Waals surface area contributed by atoms with Crippen molar-refractivity contribution in [3.8, 4) is 0 Å². The first-order valence-corrected chi connectivity index (χ1v) is 24.3. The van der Waals surface area contributed by atoms with Crippen LogP contribution in [-0.2, 0) is 47.6 Å². The third kappa shape index (κ3) is 12.0. The number of benzene rings is 3. The molecule has 0 aromatic heterocycles. The van der Waals surface area contributed by atoms with Gasteiger partial charge in [0.05, 0.1) is 50.8 Å². The molecule has 1 fully saturated rings. The fourth-order valence-corrected chi connectivity index (χ4v) is 7.92. The van der Waals surface area contributed by atoms with Crippen LogP contribution in [0.15, 0.2) is 91.0 Å². The molecule has 50 heavy (non-hydrogen) atoms. The maximum Gasteiger partial charge on any atom is 0.192 e. The largest absolute Gasteiger partial charge is 0.414 e. The molecule has 276 valence electrons. The van der Waals surface area contributed by atoms with Crippen molar-refractivity contribution in [1.82, 2.24) is 0 Å². The zero-order valence-corrected chi connectivity index (χ0v) is 34.4. The lowest BCUT2D eigenvalue weighted by Crippen LogP contribution is -2.54. The highest BCUT2D eigenvalue weighted by Crippen LogP contribution is 2.41. The molecule has 3 aromatic carbocycles. The predicted molar refractivity (Wildman–Crippen MR) is 209 cm³/mol. The van der Waals surface area contributed by atoms with E-state index in [1.165, 1.54) is 0 Å². The first-order valence-electron chi connectivity index (χ1n) is 18.5. The van der Waals surface area contributed by atoms with Gasteiger partial charge in [-0.05, 0) is 59.4 Å². The van der Waals surface area contributed by atoms with Crippen LogP contribution in [0.25, 0.3) is 0 Å². The second-order valence-electron chi connectivity index (χ2n) is 16.9. The van der Waals surface area contributed by atoms with Gasteiger partial charge in [-0.2, -0.15) is 0 Å². The third-order valence-corrected chi connectivity index (χ3v) is 19.9. The van der Waals surface area contributed by atoms with E-state index in [4.69, 9.17) is 27.8 Å². The van der Waals surface area contributed by atoms with Gasteiger partial charge in [0.2, 0.25) is 0 Å². The van der Waals surface area contributed by atoms with E-state index in [1.54, 1.807) is 0 Å². The van der Waals surface area contributed by atoms with Gasteiger partial charge < -0.3 is 27.8 Å². The van der Waals surface area contributed by atoms with E-state index >= 15 is 0 Å². The predicted octanol–water partition coefficient (Wildman–Crippen LogP) is 10.3. The summed E-state index contributed by atoms with van der Waals surface area (Å²) < 4.78 is 41.5. The molecule has 1 heterocycles. The normalized spacial score (nSPS) is 22.3. The van der Waals surface area contributed by atoms with E-state index in [2.05, 4.69) is 128 Å². The minimum atomic E-state index is -2.27. The molecule has 0 unspecified atom stereocenters. The SMILES string of the molecule is CC(C)(C)[Si](C)(C)OC[C@H]1O[C@@H](CCOCc2ccccc2)[C@H](OCc2ccccc2)C[C@@H](OCc2ccccc2)[C@@H]1O[Si](C)(C)C(C)(C)C. The maximum absolute atomic E-state index is 7.37. The van der Waals surface area contributed by atoms with E-state index in [0.717, 1.165) is 16.7 Å². The summed E-state index contributed by atoms with van der Waals surface area (Å²) in [5.74, 6) is 0. The Hall–Kier alpha value is -2.15. The Labute approximate surface area is 305 Å².